The van der Waals surface area contributed by atoms with E-state index in [1.54, 1.807) is 25.3 Å². The lowest BCUT2D eigenvalue weighted by atomic mass is 10.1. The number of hydrogen-bond donors (Lipinski definition) is 2. The largest absolute Gasteiger partial charge is 0.497 e. The van der Waals surface area contributed by atoms with Crippen LogP contribution in [0, 0.1) is 0 Å². The smallest absolute Gasteiger partial charge is 0.416 e. The Kier molecular flexibility index (Phi) is 5.42. The van der Waals surface area contributed by atoms with Crippen LogP contribution >= 0.6 is 0 Å². The summed E-state index contributed by atoms with van der Waals surface area (Å²) in [6.45, 7) is 0. The van der Waals surface area contributed by atoms with Gasteiger partial charge in [-0.3, -0.25) is 4.98 Å². The number of fused-ring (bicyclic) bond motifs is 1. The number of ether oxygens (including phenoxy) is 1. The fourth-order valence-corrected chi connectivity index (χ4v) is 3.40. The van der Waals surface area contributed by atoms with E-state index in [-0.39, 0.29) is 0 Å². The number of nitrogen functional groups attached to an aromatic ring is 1. The number of alkyl halides is 3. The van der Waals surface area contributed by atoms with Crippen LogP contribution in [0.2, 0.25) is 0 Å². The highest BCUT2D eigenvalue weighted by Gasteiger charge is 2.30. The second kappa shape index (κ2) is 8.18. The number of nitrogens with one attached hydrogen (secondary N) is 1. The normalized spacial score (nSPS) is 11.5. The maximum absolute atomic E-state index is 13.1. The van der Waals surface area contributed by atoms with Gasteiger partial charge in [-0.05, 0) is 48.0 Å². The molecule has 0 fully saturated rings. The molecular formula is C24H20F3N3O. The predicted octanol–water partition coefficient (Wildman–Crippen LogP) is 6.18. The molecule has 0 atom stereocenters. The molecule has 0 unspecified atom stereocenters. The summed E-state index contributed by atoms with van der Waals surface area (Å²) in [5.41, 5.74) is 9.40. The maximum Gasteiger partial charge on any atom is 0.416 e. The van der Waals surface area contributed by atoms with Gasteiger partial charge in [0.25, 0.3) is 0 Å². The Morgan fingerprint density at radius 2 is 1.71 bits per heavy atom. The third-order valence-corrected chi connectivity index (χ3v) is 4.94. The Morgan fingerprint density at radius 1 is 0.968 bits per heavy atom. The van der Waals surface area contributed by atoms with Gasteiger partial charge in [-0.15, -0.1) is 0 Å². The van der Waals surface area contributed by atoms with Crippen molar-refractivity contribution >= 4 is 28.0 Å². The minimum atomic E-state index is -4.41. The number of pyridine rings is 1. The van der Waals surface area contributed by atoms with Gasteiger partial charge in [-0.1, -0.05) is 30.3 Å². The Hall–Kier alpha value is -3.74. The number of nitrogens with two attached hydrogens (primary N) is 1. The number of para-hydroxylation sites is 1. The van der Waals surface area contributed by atoms with Gasteiger partial charge in [-0.2, -0.15) is 13.2 Å². The highest BCUT2D eigenvalue weighted by Crippen LogP contribution is 2.33. The lowest BCUT2D eigenvalue weighted by Gasteiger charge is -2.14. The molecule has 3 aromatic carbocycles. The van der Waals surface area contributed by atoms with Crippen LogP contribution in [-0.2, 0) is 12.6 Å². The van der Waals surface area contributed by atoms with Crippen LogP contribution in [0.25, 0.3) is 10.9 Å². The van der Waals surface area contributed by atoms with Crippen molar-refractivity contribution in [2.24, 2.45) is 0 Å². The summed E-state index contributed by atoms with van der Waals surface area (Å²) in [4.78, 5) is 4.75. The minimum absolute atomic E-state index is 0.322. The maximum atomic E-state index is 13.1. The van der Waals surface area contributed by atoms with Gasteiger partial charge in [0, 0.05) is 28.9 Å². The lowest BCUT2D eigenvalue weighted by Crippen LogP contribution is -2.05. The molecule has 0 saturated heterocycles. The second-order valence-electron chi connectivity index (χ2n) is 7.13. The number of aromatic nitrogens is 1. The summed E-state index contributed by atoms with van der Waals surface area (Å²) in [7, 11) is 1.61. The summed E-state index contributed by atoms with van der Waals surface area (Å²) < 4.78 is 44.4. The highest BCUT2D eigenvalue weighted by atomic mass is 19.4. The molecule has 0 bridgehead atoms. The molecule has 1 heterocycles. The van der Waals surface area contributed by atoms with Gasteiger partial charge in [0.15, 0.2) is 0 Å². The van der Waals surface area contributed by atoms with E-state index in [0.717, 1.165) is 34.5 Å². The van der Waals surface area contributed by atoms with E-state index in [4.69, 9.17) is 15.5 Å². The number of halogens is 3. The van der Waals surface area contributed by atoms with Gasteiger partial charge in [-0.25, -0.2) is 0 Å². The first-order chi connectivity index (χ1) is 14.8. The van der Waals surface area contributed by atoms with Crippen LogP contribution < -0.4 is 15.8 Å². The molecule has 0 radical (unpaired) electrons. The van der Waals surface area contributed by atoms with Crippen molar-refractivity contribution in [2.45, 2.75) is 12.6 Å². The molecule has 0 aliphatic rings. The molecule has 1 aromatic heterocycles. The number of nitrogens with zero attached hydrogens (tertiary/aromatic N) is 1. The first-order valence-electron chi connectivity index (χ1n) is 9.59. The summed E-state index contributed by atoms with van der Waals surface area (Å²) in [5.74, 6) is 0.766. The van der Waals surface area contributed by atoms with Gasteiger partial charge in [0.05, 0.1) is 23.9 Å². The molecule has 4 rings (SSSR count). The second-order valence-corrected chi connectivity index (χ2v) is 7.13. The third kappa shape index (κ3) is 4.55. The van der Waals surface area contributed by atoms with Crippen molar-refractivity contribution in [3.8, 4) is 5.75 Å². The fourth-order valence-electron chi connectivity index (χ4n) is 3.40. The number of anilines is 3. The zero-order valence-corrected chi connectivity index (χ0v) is 16.7. The topological polar surface area (TPSA) is 60.2 Å². The predicted molar refractivity (Wildman–Crippen MR) is 117 cm³/mol. The highest BCUT2D eigenvalue weighted by molar-refractivity contribution is 5.99. The van der Waals surface area contributed by atoms with Crippen molar-refractivity contribution in [3.05, 3.63) is 89.6 Å². The third-order valence-electron chi connectivity index (χ3n) is 4.94. The Balaban J connectivity index is 1.69. The molecule has 3 N–H and O–H groups in total. The Bertz CT molecular complexity index is 1220. The molecule has 4 nitrogen and oxygen atoms in total. The molecule has 31 heavy (non-hydrogen) atoms. The zero-order valence-electron chi connectivity index (χ0n) is 16.7. The monoisotopic (exact) mass is 423 g/mol. The Labute approximate surface area is 177 Å². The summed E-state index contributed by atoms with van der Waals surface area (Å²) >= 11 is 0. The van der Waals surface area contributed by atoms with E-state index >= 15 is 0 Å². The van der Waals surface area contributed by atoms with E-state index in [1.165, 1.54) is 6.07 Å². The van der Waals surface area contributed by atoms with E-state index in [0.29, 0.717) is 29.0 Å². The standard InChI is InChI=1S/C24H20F3N3O/c1-31-19-10-8-15(9-11-19)12-18-14-21(28)20-6-3-7-22(23(20)30-18)29-17-5-2-4-16(13-17)24(25,26)27/h2-11,13-14,29H,12H2,1H3,(H2,28,30). The van der Waals surface area contributed by atoms with Crippen LogP contribution in [0.5, 0.6) is 5.75 Å². The number of rotatable bonds is 5. The molecule has 158 valence electrons. The van der Waals surface area contributed by atoms with E-state index in [1.807, 2.05) is 36.4 Å². The quantitative estimate of drug-likeness (QED) is 0.402. The summed E-state index contributed by atoms with van der Waals surface area (Å²) in [6, 6.07) is 19.9. The number of methoxy groups -OCH3 is 1. The van der Waals surface area contributed by atoms with Crippen LogP contribution in [0.15, 0.2) is 72.8 Å². The molecule has 0 amide bonds. The van der Waals surface area contributed by atoms with Crippen LogP contribution in [0.1, 0.15) is 16.8 Å². The fraction of sp³-hybridized carbons (Fsp3) is 0.125. The molecular weight excluding hydrogens is 403 g/mol. The van der Waals surface area contributed by atoms with Gasteiger partial charge < -0.3 is 15.8 Å². The van der Waals surface area contributed by atoms with Crippen molar-refractivity contribution in [1.82, 2.24) is 4.98 Å². The van der Waals surface area contributed by atoms with Crippen molar-refractivity contribution in [1.29, 1.82) is 0 Å². The van der Waals surface area contributed by atoms with Crippen molar-refractivity contribution in [2.75, 3.05) is 18.2 Å². The van der Waals surface area contributed by atoms with E-state index < -0.39 is 11.7 Å². The average molecular weight is 423 g/mol. The summed E-state index contributed by atoms with van der Waals surface area (Å²) in [5, 5.41) is 3.79. The van der Waals surface area contributed by atoms with Crippen LogP contribution in [0.3, 0.4) is 0 Å². The molecule has 0 spiro atoms. The van der Waals surface area contributed by atoms with E-state index in [2.05, 4.69) is 5.32 Å². The number of hydrogen-bond acceptors (Lipinski definition) is 4. The van der Waals surface area contributed by atoms with Gasteiger partial charge in [0.1, 0.15) is 5.75 Å². The van der Waals surface area contributed by atoms with Crippen molar-refractivity contribution in [3.63, 3.8) is 0 Å². The first kappa shape index (κ1) is 20.5. The van der Waals surface area contributed by atoms with Crippen molar-refractivity contribution < 1.29 is 17.9 Å². The SMILES string of the molecule is COc1ccc(Cc2cc(N)c3cccc(Nc4cccc(C(F)(F)F)c4)c3n2)cc1. The minimum Gasteiger partial charge on any atom is -0.497 e. The molecule has 0 aliphatic carbocycles. The Morgan fingerprint density at radius 3 is 2.42 bits per heavy atom. The van der Waals surface area contributed by atoms with Crippen LogP contribution in [0.4, 0.5) is 30.2 Å². The lowest BCUT2D eigenvalue weighted by molar-refractivity contribution is -0.137. The van der Waals surface area contributed by atoms with E-state index in [9.17, 15) is 13.2 Å². The summed E-state index contributed by atoms with van der Waals surface area (Å²) in [6.07, 6.45) is -3.85. The number of benzene rings is 3. The molecule has 0 aliphatic heterocycles. The van der Waals surface area contributed by atoms with Gasteiger partial charge >= 0.3 is 6.18 Å². The van der Waals surface area contributed by atoms with Crippen LogP contribution in [-0.4, -0.2) is 12.1 Å². The molecule has 4 aromatic rings. The molecule has 0 saturated carbocycles. The zero-order chi connectivity index (χ0) is 22.0. The molecule has 7 heteroatoms. The first-order valence-corrected chi connectivity index (χ1v) is 9.59. The average Bonchev–Trinajstić information content (AvgIpc) is 2.75. The van der Waals surface area contributed by atoms with Gasteiger partial charge in [0.2, 0.25) is 0 Å².